The number of fused-ring (bicyclic) bond motifs is 1. The summed E-state index contributed by atoms with van der Waals surface area (Å²) in [6, 6.07) is 11.7. The molecule has 1 aliphatic heterocycles. The summed E-state index contributed by atoms with van der Waals surface area (Å²) in [5, 5.41) is 3.98. The molecule has 1 aliphatic rings. The quantitative estimate of drug-likeness (QED) is 0.429. The molecule has 0 saturated heterocycles. The maximum atomic E-state index is 13.7. The molecular formula is C27H32N2O3S2. The van der Waals surface area contributed by atoms with E-state index >= 15 is 0 Å². The third-order valence-corrected chi connectivity index (χ3v) is 8.08. The molecular weight excluding hydrogens is 464 g/mol. The third kappa shape index (κ3) is 5.20. The number of aryl methyl sites for hydroxylation is 2. The standard InChI is InChI=1S/C27H32N2O3S2/c1-18-8-9-22(19(2)15-18)32-17-21-20-11-14-34-23(20)10-12-28(21)25(30)16-29(27(3,4)5)26(31)24-7-6-13-33-24/h6-9,11,13-15,21H,10,12,16-17H2,1-5H3/t21-/m1/s1. The van der Waals surface area contributed by atoms with Crippen LogP contribution in [0.5, 0.6) is 5.75 Å². The molecule has 0 N–H and O–H groups in total. The van der Waals surface area contributed by atoms with E-state index in [1.807, 2.05) is 62.2 Å². The maximum absolute atomic E-state index is 13.7. The van der Waals surface area contributed by atoms with Crippen molar-refractivity contribution >= 4 is 34.5 Å². The van der Waals surface area contributed by atoms with Crippen molar-refractivity contribution in [1.82, 2.24) is 9.80 Å². The van der Waals surface area contributed by atoms with Crippen molar-refractivity contribution in [2.24, 2.45) is 0 Å². The van der Waals surface area contributed by atoms with Crippen molar-refractivity contribution < 1.29 is 14.3 Å². The van der Waals surface area contributed by atoms with E-state index in [1.165, 1.54) is 21.8 Å². The lowest BCUT2D eigenvalue weighted by atomic mass is 9.99. The average molecular weight is 497 g/mol. The van der Waals surface area contributed by atoms with Gasteiger partial charge in [-0.05, 0) is 81.1 Å². The number of ether oxygens (including phenoxy) is 1. The Morgan fingerprint density at radius 3 is 2.59 bits per heavy atom. The van der Waals surface area contributed by atoms with Crippen LogP contribution in [0.3, 0.4) is 0 Å². The normalized spacial score (nSPS) is 15.7. The topological polar surface area (TPSA) is 49.9 Å². The number of benzene rings is 1. The van der Waals surface area contributed by atoms with E-state index in [9.17, 15) is 9.59 Å². The van der Waals surface area contributed by atoms with Crippen LogP contribution in [0.15, 0.2) is 47.2 Å². The van der Waals surface area contributed by atoms with Crippen molar-refractivity contribution in [3.05, 3.63) is 73.6 Å². The summed E-state index contributed by atoms with van der Waals surface area (Å²) in [6.45, 7) is 11.1. The van der Waals surface area contributed by atoms with Gasteiger partial charge in [0.1, 0.15) is 18.9 Å². The first-order valence-electron chi connectivity index (χ1n) is 11.6. The number of hydrogen-bond donors (Lipinski definition) is 0. The fourth-order valence-corrected chi connectivity index (χ4v) is 5.98. The van der Waals surface area contributed by atoms with Crippen LogP contribution in [0.2, 0.25) is 0 Å². The highest BCUT2D eigenvalue weighted by Crippen LogP contribution is 2.35. The molecule has 0 saturated carbocycles. The molecule has 5 nitrogen and oxygen atoms in total. The Labute approximate surface area is 210 Å². The van der Waals surface area contributed by atoms with Gasteiger partial charge in [0.05, 0.1) is 10.9 Å². The van der Waals surface area contributed by atoms with Gasteiger partial charge >= 0.3 is 0 Å². The molecule has 0 unspecified atom stereocenters. The summed E-state index contributed by atoms with van der Waals surface area (Å²) >= 11 is 3.14. The van der Waals surface area contributed by atoms with Gasteiger partial charge in [-0.15, -0.1) is 22.7 Å². The van der Waals surface area contributed by atoms with Crippen LogP contribution in [-0.2, 0) is 11.2 Å². The zero-order valence-corrected chi connectivity index (χ0v) is 22.1. The Hall–Kier alpha value is -2.64. The molecule has 2 amide bonds. The first-order valence-corrected chi connectivity index (χ1v) is 13.3. The number of hydrogen-bond acceptors (Lipinski definition) is 5. The molecule has 0 fully saturated rings. The average Bonchev–Trinajstić information content (AvgIpc) is 3.47. The van der Waals surface area contributed by atoms with Crippen molar-refractivity contribution in [3.63, 3.8) is 0 Å². The van der Waals surface area contributed by atoms with E-state index in [1.54, 1.807) is 16.2 Å². The second-order valence-electron chi connectivity index (χ2n) is 9.77. The van der Waals surface area contributed by atoms with Crippen molar-refractivity contribution in [2.45, 2.75) is 52.6 Å². The smallest absolute Gasteiger partial charge is 0.264 e. The molecule has 0 aliphatic carbocycles. The first-order chi connectivity index (χ1) is 16.1. The molecule has 7 heteroatoms. The minimum atomic E-state index is -0.481. The molecule has 3 heterocycles. The molecule has 3 aromatic rings. The van der Waals surface area contributed by atoms with E-state index in [-0.39, 0.29) is 24.4 Å². The molecule has 2 aromatic heterocycles. The molecule has 1 atom stereocenters. The van der Waals surface area contributed by atoms with Crippen LogP contribution >= 0.6 is 22.7 Å². The third-order valence-electron chi connectivity index (χ3n) is 6.22. The van der Waals surface area contributed by atoms with Gasteiger partial charge in [0, 0.05) is 17.0 Å². The van der Waals surface area contributed by atoms with Crippen LogP contribution < -0.4 is 4.74 Å². The Kier molecular flexibility index (Phi) is 7.14. The second-order valence-corrected chi connectivity index (χ2v) is 11.7. The molecule has 0 bridgehead atoms. The second kappa shape index (κ2) is 9.92. The van der Waals surface area contributed by atoms with E-state index < -0.39 is 5.54 Å². The number of carbonyl (C=O) groups is 2. The summed E-state index contributed by atoms with van der Waals surface area (Å²) in [5.74, 6) is 0.683. The van der Waals surface area contributed by atoms with Crippen LogP contribution in [-0.4, -0.2) is 46.8 Å². The van der Waals surface area contributed by atoms with Gasteiger partial charge in [-0.3, -0.25) is 9.59 Å². The number of nitrogens with zero attached hydrogens (tertiary/aromatic N) is 2. The molecule has 34 heavy (non-hydrogen) atoms. The molecule has 180 valence electrons. The monoisotopic (exact) mass is 496 g/mol. The number of amides is 2. The summed E-state index contributed by atoms with van der Waals surface area (Å²) in [6.07, 6.45) is 0.827. The fourth-order valence-electron chi connectivity index (χ4n) is 4.38. The van der Waals surface area contributed by atoms with E-state index in [0.717, 1.165) is 23.3 Å². The van der Waals surface area contributed by atoms with Gasteiger partial charge in [0.25, 0.3) is 5.91 Å². The Morgan fingerprint density at radius 1 is 1.12 bits per heavy atom. The van der Waals surface area contributed by atoms with Gasteiger partial charge in [-0.1, -0.05) is 23.8 Å². The zero-order valence-electron chi connectivity index (χ0n) is 20.5. The van der Waals surface area contributed by atoms with Gasteiger partial charge < -0.3 is 14.5 Å². The predicted molar refractivity (Wildman–Crippen MR) is 139 cm³/mol. The highest BCUT2D eigenvalue weighted by atomic mass is 32.1. The largest absolute Gasteiger partial charge is 0.491 e. The van der Waals surface area contributed by atoms with E-state index in [2.05, 4.69) is 24.4 Å². The number of rotatable bonds is 6. The van der Waals surface area contributed by atoms with Crippen LogP contribution in [0.25, 0.3) is 0 Å². The number of carbonyl (C=O) groups excluding carboxylic acids is 2. The van der Waals surface area contributed by atoms with Crippen molar-refractivity contribution in [3.8, 4) is 5.75 Å². The summed E-state index contributed by atoms with van der Waals surface area (Å²) in [7, 11) is 0. The van der Waals surface area contributed by atoms with E-state index in [0.29, 0.717) is 18.0 Å². The van der Waals surface area contributed by atoms with Gasteiger partial charge in [-0.25, -0.2) is 0 Å². The number of thiophene rings is 2. The molecule has 0 spiro atoms. The lowest BCUT2D eigenvalue weighted by Crippen LogP contribution is -2.53. The predicted octanol–water partition coefficient (Wildman–Crippen LogP) is 5.87. The lowest BCUT2D eigenvalue weighted by Gasteiger charge is -2.40. The minimum absolute atomic E-state index is 0.0414. The van der Waals surface area contributed by atoms with Gasteiger partial charge in [0.2, 0.25) is 5.91 Å². The summed E-state index contributed by atoms with van der Waals surface area (Å²) in [4.78, 5) is 32.4. The van der Waals surface area contributed by atoms with Crippen molar-refractivity contribution in [1.29, 1.82) is 0 Å². The SMILES string of the molecule is Cc1ccc(OC[C@@H]2c3ccsc3CCN2C(=O)CN(C(=O)c2cccs2)C(C)(C)C)c(C)c1. The first kappa shape index (κ1) is 24.5. The van der Waals surface area contributed by atoms with Gasteiger partial charge in [0.15, 0.2) is 0 Å². The minimum Gasteiger partial charge on any atom is -0.491 e. The zero-order chi connectivity index (χ0) is 24.5. The van der Waals surface area contributed by atoms with Crippen molar-refractivity contribution in [2.75, 3.05) is 19.7 Å². The van der Waals surface area contributed by atoms with Crippen LogP contribution in [0.4, 0.5) is 0 Å². The highest BCUT2D eigenvalue weighted by molar-refractivity contribution is 7.12. The van der Waals surface area contributed by atoms with E-state index in [4.69, 9.17) is 4.74 Å². The Balaban J connectivity index is 1.56. The summed E-state index contributed by atoms with van der Waals surface area (Å²) in [5.41, 5.74) is 2.95. The maximum Gasteiger partial charge on any atom is 0.264 e. The molecule has 1 aromatic carbocycles. The Morgan fingerprint density at radius 2 is 1.91 bits per heavy atom. The molecule has 4 rings (SSSR count). The Bertz CT molecular complexity index is 1160. The summed E-state index contributed by atoms with van der Waals surface area (Å²) < 4.78 is 6.25. The van der Waals surface area contributed by atoms with Gasteiger partial charge in [-0.2, -0.15) is 0 Å². The molecule has 0 radical (unpaired) electrons. The van der Waals surface area contributed by atoms with Crippen LogP contribution in [0.1, 0.15) is 58.1 Å². The fraction of sp³-hybridized carbons (Fsp3) is 0.407. The highest BCUT2D eigenvalue weighted by Gasteiger charge is 2.36. The van der Waals surface area contributed by atoms with Crippen LogP contribution in [0, 0.1) is 13.8 Å². The lowest BCUT2D eigenvalue weighted by molar-refractivity contribution is -0.136.